The Morgan fingerprint density at radius 1 is 0.510 bits per heavy atom. The maximum Gasteiger partial charge on any atom is 2.00 e. The zero-order valence-corrected chi connectivity index (χ0v) is 35.6. The summed E-state index contributed by atoms with van der Waals surface area (Å²) in [5, 5.41) is 20.7. The van der Waals surface area contributed by atoms with E-state index in [9.17, 15) is 36.2 Å². The number of rotatable bonds is 28. The first-order valence-corrected chi connectivity index (χ1v) is 22.3. The number of phenolic OH excluding ortho intramolecular Hbond substituents is 1. The summed E-state index contributed by atoms with van der Waals surface area (Å²) in [4.78, 5) is -0.515. The number of hydrogen-bond donors (Lipinski definition) is 2. The van der Waals surface area contributed by atoms with Crippen LogP contribution in [0.2, 0.25) is 0 Å². The standard InChI is InChI=1S/2C20H34O4S.Ca/c2*1-2-3-4-5-6-7-8-9-10-11-12-13-14-18-15-16-19(21)17-20(18)25(22,23)24;/h2*15-17,21H,2-14H2,1H3,(H,22,23,24);/q;;+2/p-2. The van der Waals surface area contributed by atoms with E-state index in [1.165, 1.54) is 134 Å². The Hall–Kier alpha value is -0.880. The van der Waals surface area contributed by atoms with Gasteiger partial charge in [-0.05, 0) is 42.9 Å². The molecular weight excluding hydrogens is 713 g/mol. The SMILES string of the molecule is CCCCCCCCCCCCCCc1ccc(O)cc1S(=O)(=O)O.CCCCCCCCCCCCCCc1ccc([O-])cc1S(=O)(=O)[O-].[Ca+2]. The Balaban J connectivity index is 0.000000962. The molecule has 288 valence electrons. The van der Waals surface area contributed by atoms with Crippen LogP contribution >= 0.6 is 0 Å². The van der Waals surface area contributed by atoms with Gasteiger partial charge < -0.3 is 14.8 Å². The molecule has 0 amide bonds. The molecule has 8 nitrogen and oxygen atoms in total. The Morgan fingerprint density at radius 2 is 0.843 bits per heavy atom. The average molecular weight is 779 g/mol. The van der Waals surface area contributed by atoms with Crippen molar-refractivity contribution in [3.63, 3.8) is 0 Å². The molecule has 0 atom stereocenters. The molecule has 0 radical (unpaired) electrons. The molecule has 0 heterocycles. The fraction of sp³-hybridized carbons (Fsp3) is 0.700. The minimum atomic E-state index is -4.57. The number of aryl methyl sites for hydroxylation is 2. The van der Waals surface area contributed by atoms with Gasteiger partial charge in [-0.2, -0.15) is 8.42 Å². The zero-order valence-electron chi connectivity index (χ0n) is 31.7. The summed E-state index contributed by atoms with van der Waals surface area (Å²) in [5.74, 6) is -0.584. The maximum absolute atomic E-state index is 11.4. The van der Waals surface area contributed by atoms with E-state index in [1.807, 2.05) is 0 Å². The summed E-state index contributed by atoms with van der Waals surface area (Å²) in [6.07, 6.45) is 31.0. The number of benzene rings is 2. The molecule has 0 aromatic heterocycles. The van der Waals surface area contributed by atoms with Gasteiger partial charge in [0.15, 0.2) is 0 Å². The Morgan fingerprint density at radius 3 is 1.20 bits per heavy atom. The number of phenols is 1. The molecule has 0 aliphatic rings. The summed E-state index contributed by atoms with van der Waals surface area (Å²) in [6.45, 7) is 4.48. The third-order valence-electron chi connectivity index (χ3n) is 9.24. The molecule has 0 saturated carbocycles. The Bertz CT molecular complexity index is 1280. The molecule has 2 aromatic carbocycles. The first kappa shape index (κ1) is 50.1. The van der Waals surface area contributed by atoms with Gasteiger partial charge in [0.05, 0.1) is 4.90 Å². The smallest absolute Gasteiger partial charge is 0.872 e. The summed E-state index contributed by atoms with van der Waals surface area (Å²) in [6, 6.07) is 7.90. The number of aromatic hydroxyl groups is 1. The molecule has 0 aliphatic carbocycles. The molecule has 2 rings (SSSR count). The van der Waals surface area contributed by atoms with Gasteiger partial charge in [-0.25, -0.2) is 8.42 Å². The van der Waals surface area contributed by atoms with E-state index in [2.05, 4.69) is 13.8 Å². The third-order valence-corrected chi connectivity index (χ3v) is 11.1. The van der Waals surface area contributed by atoms with Crippen molar-refractivity contribution in [2.24, 2.45) is 0 Å². The van der Waals surface area contributed by atoms with E-state index in [4.69, 9.17) is 0 Å². The van der Waals surface area contributed by atoms with Crippen LogP contribution < -0.4 is 5.11 Å². The second-order valence-corrected chi connectivity index (χ2v) is 16.5. The first-order valence-electron chi connectivity index (χ1n) is 19.4. The summed E-state index contributed by atoms with van der Waals surface area (Å²) in [7, 11) is -8.85. The van der Waals surface area contributed by atoms with Crippen molar-refractivity contribution in [2.75, 3.05) is 0 Å². The zero-order chi connectivity index (χ0) is 37.1. The quantitative estimate of drug-likeness (QED) is 0.0491. The molecule has 0 saturated heterocycles. The molecule has 2 N–H and O–H groups in total. The largest absolute Gasteiger partial charge is 2.00 e. The van der Waals surface area contributed by atoms with Crippen molar-refractivity contribution in [1.29, 1.82) is 0 Å². The second-order valence-electron chi connectivity index (χ2n) is 13.8. The maximum atomic E-state index is 11.4. The normalized spacial score (nSPS) is 11.5. The third kappa shape index (κ3) is 25.7. The summed E-state index contributed by atoms with van der Waals surface area (Å²) >= 11 is 0. The van der Waals surface area contributed by atoms with E-state index < -0.39 is 26.0 Å². The van der Waals surface area contributed by atoms with Gasteiger partial charge in [-0.3, -0.25) is 4.55 Å². The minimum Gasteiger partial charge on any atom is -0.872 e. The van der Waals surface area contributed by atoms with Crippen LogP contribution in [-0.4, -0.2) is 68.8 Å². The van der Waals surface area contributed by atoms with Gasteiger partial charge >= 0.3 is 37.7 Å². The molecule has 0 spiro atoms. The summed E-state index contributed by atoms with van der Waals surface area (Å²) < 4.78 is 65.7. The van der Waals surface area contributed by atoms with Gasteiger partial charge in [0.2, 0.25) is 0 Å². The molecule has 0 aliphatic heterocycles. The monoisotopic (exact) mass is 778 g/mol. The molecule has 51 heavy (non-hydrogen) atoms. The van der Waals surface area contributed by atoms with Crippen LogP contribution in [0, 0.1) is 0 Å². The molecular formula is C40H66CaO8S2. The first-order chi connectivity index (χ1) is 23.9. The molecule has 2 aromatic rings. The van der Waals surface area contributed by atoms with Gasteiger partial charge in [0, 0.05) is 6.07 Å². The van der Waals surface area contributed by atoms with Crippen molar-refractivity contribution in [2.45, 2.75) is 191 Å². The van der Waals surface area contributed by atoms with Crippen molar-refractivity contribution >= 4 is 58.0 Å². The topological polar surface area (TPSA) is 155 Å². The van der Waals surface area contributed by atoms with E-state index in [1.54, 1.807) is 6.07 Å². The van der Waals surface area contributed by atoms with E-state index >= 15 is 0 Å². The fourth-order valence-electron chi connectivity index (χ4n) is 6.28. The van der Waals surface area contributed by atoms with Crippen molar-refractivity contribution in [3.05, 3.63) is 47.5 Å². The van der Waals surface area contributed by atoms with Crippen molar-refractivity contribution in [1.82, 2.24) is 0 Å². The van der Waals surface area contributed by atoms with Crippen LogP contribution in [0.25, 0.3) is 0 Å². The van der Waals surface area contributed by atoms with Crippen LogP contribution in [0.4, 0.5) is 0 Å². The van der Waals surface area contributed by atoms with Crippen LogP contribution in [0.15, 0.2) is 46.2 Å². The second kappa shape index (κ2) is 30.4. The predicted molar refractivity (Wildman–Crippen MR) is 207 cm³/mol. The van der Waals surface area contributed by atoms with Gasteiger partial charge in [-0.15, -0.1) is 5.75 Å². The van der Waals surface area contributed by atoms with Crippen LogP contribution in [0.1, 0.15) is 179 Å². The number of unbranched alkanes of at least 4 members (excludes halogenated alkanes) is 22. The number of hydrogen-bond acceptors (Lipinski definition) is 7. The van der Waals surface area contributed by atoms with Gasteiger partial charge in [0.1, 0.15) is 20.8 Å². The van der Waals surface area contributed by atoms with Crippen LogP contribution in [0.5, 0.6) is 11.5 Å². The van der Waals surface area contributed by atoms with E-state index in [0.717, 1.165) is 50.7 Å². The van der Waals surface area contributed by atoms with E-state index in [-0.39, 0.29) is 53.3 Å². The van der Waals surface area contributed by atoms with Gasteiger partial charge in [0.25, 0.3) is 10.1 Å². The average Bonchev–Trinajstić information content (AvgIpc) is 3.06. The van der Waals surface area contributed by atoms with Crippen molar-refractivity contribution in [3.8, 4) is 11.5 Å². The molecule has 0 unspecified atom stereocenters. The Kier molecular flexibility index (Phi) is 29.9. The van der Waals surface area contributed by atoms with Crippen LogP contribution in [0.3, 0.4) is 0 Å². The van der Waals surface area contributed by atoms with Crippen molar-refractivity contribution < 1.29 is 36.2 Å². The predicted octanol–water partition coefficient (Wildman–Crippen LogP) is 10.4. The summed E-state index contributed by atoms with van der Waals surface area (Å²) in [5.41, 5.74) is 1.05. The van der Waals surface area contributed by atoms with E-state index in [0.29, 0.717) is 24.0 Å². The van der Waals surface area contributed by atoms with Gasteiger partial charge in [-0.1, -0.05) is 179 Å². The Labute approximate surface area is 341 Å². The molecule has 0 bridgehead atoms. The fourth-order valence-corrected chi connectivity index (χ4v) is 7.80. The molecule has 0 fully saturated rings. The van der Waals surface area contributed by atoms with Crippen LogP contribution in [-0.2, 0) is 33.1 Å². The molecule has 11 heteroatoms. The minimum absolute atomic E-state index is 0.